The highest BCUT2D eigenvalue weighted by atomic mass is 16.5. The number of para-hydroxylation sites is 1. The molecule has 116 valence electrons. The Morgan fingerprint density at radius 1 is 0.957 bits per heavy atom. The first-order valence-corrected chi connectivity index (χ1v) is 7.62. The van der Waals surface area contributed by atoms with Crippen LogP contribution in [0.5, 0.6) is 11.5 Å². The number of rotatable bonds is 5. The zero-order valence-electron chi connectivity index (χ0n) is 13.2. The van der Waals surface area contributed by atoms with Gasteiger partial charge in [-0.25, -0.2) is 9.97 Å². The van der Waals surface area contributed by atoms with E-state index in [1.807, 2.05) is 44.2 Å². The Balaban J connectivity index is 2.24. The number of ether oxygens (including phenoxy) is 2. The summed E-state index contributed by atoms with van der Waals surface area (Å²) < 4.78 is 11.3. The fourth-order valence-electron chi connectivity index (χ4n) is 2.53. The van der Waals surface area contributed by atoms with E-state index in [1.54, 1.807) is 0 Å². The third-order valence-electron chi connectivity index (χ3n) is 3.48. The van der Waals surface area contributed by atoms with Gasteiger partial charge < -0.3 is 9.47 Å². The first-order valence-electron chi connectivity index (χ1n) is 7.62. The number of nitrogens with zero attached hydrogens (tertiary/aromatic N) is 3. The van der Waals surface area contributed by atoms with E-state index in [1.165, 1.54) is 0 Å². The van der Waals surface area contributed by atoms with Crippen molar-refractivity contribution >= 4 is 22.1 Å². The fraction of sp³-hybridized carbons (Fsp3) is 0.278. The van der Waals surface area contributed by atoms with Gasteiger partial charge in [0.2, 0.25) is 0 Å². The number of benzene rings is 2. The van der Waals surface area contributed by atoms with E-state index in [0.717, 1.165) is 33.4 Å². The summed E-state index contributed by atoms with van der Waals surface area (Å²) in [5.74, 6) is 1.41. The van der Waals surface area contributed by atoms with E-state index < -0.39 is 0 Å². The summed E-state index contributed by atoms with van der Waals surface area (Å²) in [6.07, 6.45) is 0.276. The predicted molar refractivity (Wildman–Crippen MR) is 88.7 cm³/mol. The molecule has 23 heavy (non-hydrogen) atoms. The van der Waals surface area contributed by atoms with E-state index in [2.05, 4.69) is 16.0 Å². The molecule has 0 saturated carbocycles. The topological polar surface area (TPSA) is 68.0 Å². The second kappa shape index (κ2) is 6.49. The molecule has 0 aliphatic heterocycles. The average molecular weight is 307 g/mol. The molecule has 0 aliphatic carbocycles. The molecular weight excluding hydrogens is 290 g/mol. The van der Waals surface area contributed by atoms with Gasteiger partial charge in [0.15, 0.2) is 0 Å². The van der Waals surface area contributed by atoms with Gasteiger partial charge in [-0.2, -0.15) is 5.26 Å². The van der Waals surface area contributed by atoms with Gasteiger partial charge in [-0.05, 0) is 32.0 Å². The fourth-order valence-corrected chi connectivity index (χ4v) is 2.53. The molecule has 0 spiro atoms. The Labute approximate surface area is 134 Å². The lowest BCUT2D eigenvalue weighted by molar-refractivity contribution is 0.337. The van der Waals surface area contributed by atoms with Gasteiger partial charge in [-0.15, -0.1) is 0 Å². The Hall–Kier alpha value is -2.87. The summed E-state index contributed by atoms with van der Waals surface area (Å²) in [6, 6.07) is 11.6. The van der Waals surface area contributed by atoms with Crippen molar-refractivity contribution < 1.29 is 9.47 Å². The molecule has 0 atom stereocenters. The van der Waals surface area contributed by atoms with Crippen LogP contribution in [0.2, 0.25) is 0 Å². The molecule has 0 saturated heterocycles. The monoisotopic (exact) mass is 307 g/mol. The van der Waals surface area contributed by atoms with Crippen molar-refractivity contribution in [2.24, 2.45) is 0 Å². The maximum Gasteiger partial charge on any atom is 0.147 e. The average Bonchev–Trinajstić information content (AvgIpc) is 2.55. The van der Waals surface area contributed by atoms with Crippen molar-refractivity contribution in [2.45, 2.75) is 20.3 Å². The quantitative estimate of drug-likeness (QED) is 0.673. The first kappa shape index (κ1) is 15.0. The van der Waals surface area contributed by atoms with Crippen molar-refractivity contribution in [1.82, 2.24) is 9.97 Å². The highest BCUT2D eigenvalue weighted by Crippen LogP contribution is 2.29. The molecule has 1 aromatic heterocycles. The van der Waals surface area contributed by atoms with Crippen LogP contribution in [0.25, 0.3) is 22.1 Å². The molecule has 0 bridgehead atoms. The summed E-state index contributed by atoms with van der Waals surface area (Å²) in [4.78, 5) is 9.35. The number of nitriles is 1. The van der Waals surface area contributed by atoms with Gasteiger partial charge in [0.25, 0.3) is 0 Å². The second-order valence-electron chi connectivity index (χ2n) is 5.00. The maximum absolute atomic E-state index is 9.01. The Morgan fingerprint density at radius 3 is 2.43 bits per heavy atom. The lowest BCUT2D eigenvalue weighted by atomic mass is 10.1. The molecule has 0 N–H and O–H groups in total. The largest absolute Gasteiger partial charge is 0.493 e. The third-order valence-corrected chi connectivity index (χ3v) is 3.48. The van der Waals surface area contributed by atoms with E-state index in [4.69, 9.17) is 14.7 Å². The predicted octanol–water partition coefficient (Wildman–Crippen LogP) is 3.65. The summed E-state index contributed by atoms with van der Waals surface area (Å²) in [5.41, 5.74) is 3.81. The molecule has 1 heterocycles. The molecule has 0 fully saturated rings. The number of hydrogen-bond acceptors (Lipinski definition) is 5. The van der Waals surface area contributed by atoms with Gasteiger partial charge in [0, 0.05) is 11.6 Å². The zero-order chi connectivity index (χ0) is 16.2. The molecule has 0 unspecified atom stereocenters. The highest BCUT2D eigenvalue weighted by Gasteiger charge is 2.11. The van der Waals surface area contributed by atoms with Crippen LogP contribution in [0, 0.1) is 11.3 Å². The number of hydrogen-bond donors (Lipinski definition) is 0. The normalized spacial score (nSPS) is 10.7. The SMILES string of the molecule is CCOc1cc2nc3cccc(OCC)c3nc2cc1CC#N. The summed E-state index contributed by atoms with van der Waals surface area (Å²) in [5, 5.41) is 9.01. The van der Waals surface area contributed by atoms with Gasteiger partial charge in [-0.1, -0.05) is 6.07 Å². The minimum atomic E-state index is 0.276. The summed E-state index contributed by atoms with van der Waals surface area (Å²) in [7, 11) is 0. The minimum absolute atomic E-state index is 0.276. The van der Waals surface area contributed by atoms with Crippen LogP contribution in [0.15, 0.2) is 30.3 Å². The van der Waals surface area contributed by atoms with Gasteiger partial charge >= 0.3 is 0 Å². The standard InChI is InChI=1S/C18H17N3O2/c1-3-22-16-7-5-6-13-18(16)21-14-10-12(8-9-19)17(23-4-2)11-15(14)20-13/h5-7,10-11H,3-4,8H2,1-2H3. The molecule has 0 radical (unpaired) electrons. The van der Waals surface area contributed by atoms with Crippen LogP contribution >= 0.6 is 0 Å². The van der Waals surface area contributed by atoms with Crippen molar-refractivity contribution in [1.29, 1.82) is 5.26 Å². The van der Waals surface area contributed by atoms with Crippen LogP contribution in [0.3, 0.4) is 0 Å². The highest BCUT2D eigenvalue weighted by molar-refractivity contribution is 5.90. The van der Waals surface area contributed by atoms with Gasteiger partial charge in [0.1, 0.15) is 17.0 Å². The molecule has 3 aromatic rings. The molecule has 3 rings (SSSR count). The van der Waals surface area contributed by atoms with Crippen LogP contribution < -0.4 is 9.47 Å². The number of aromatic nitrogens is 2. The third kappa shape index (κ3) is 2.88. The van der Waals surface area contributed by atoms with Crippen molar-refractivity contribution in [3.8, 4) is 17.6 Å². The zero-order valence-corrected chi connectivity index (χ0v) is 13.2. The maximum atomic E-state index is 9.01. The molecular formula is C18H17N3O2. The van der Waals surface area contributed by atoms with Gasteiger partial charge in [0.05, 0.1) is 42.3 Å². The second-order valence-corrected chi connectivity index (χ2v) is 5.00. The van der Waals surface area contributed by atoms with E-state index in [-0.39, 0.29) is 6.42 Å². The Morgan fingerprint density at radius 2 is 1.70 bits per heavy atom. The molecule has 5 heteroatoms. The van der Waals surface area contributed by atoms with Crippen molar-refractivity contribution in [2.75, 3.05) is 13.2 Å². The van der Waals surface area contributed by atoms with E-state index >= 15 is 0 Å². The summed E-state index contributed by atoms with van der Waals surface area (Å²) >= 11 is 0. The van der Waals surface area contributed by atoms with Crippen LogP contribution in [0.4, 0.5) is 0 Å². The molecule has 2 aromatic carbocycles. The first-order chi connectivity index (χ1) is 11.3. The van der Waals surface area contributed by atoms with E-state index in [9.17, 15) is 0 Å². The number of fused-ring (bicyclic) bond motifs is 2. The lowest BCUT2D eigenvalue weighted by Gasteiger charge is -2.11. The van der Waals surface area contributed by atoms with Crippen molar-refractivity contribution in [3.63, 3.8) is 0 Å². The van der Waals surface area contributed by atoms with Crippen molar-refractivity contribution in [3.05, 3.63) is 35.9 Å². The lowest BCUT2D eigenvalue weighted by Crippen LogP contribution is -1.99. The Kier molecular flexibility index (Phi) is 4.24. The smallest absolute Gasteiger partial charge is 0.147 e. The van der Waals surface area contributed by atoms with Crippen LogP contribution in [0.1, 0.15) is 19.4 Å². The van der Waals surface area contributed by atoms with Crippen LogP contribution in [-0.4, -0.2) is 23.2 Å². The van der Waals surface area contributed by atoms with E-state index in [0.29, 0.717) is 19.0 Å². The molecule has 5 nitrogen and oxygen atoms in total. The minimum Gasteiger partial charge on any atom is -0.493 e. The molecule has 0 amide bonds. The Bertz CT molecular complexity index is 900. The molecule has 0 aliphatic rings. The van der Waals surface area contributed by atoms with Gasteiger partial charge in [-0.3, -0.25) is 0 Å². The summed E-state index contributed by atoms with van der Waals surface area (Å²) in [6.45, 7) is 4.97. The van der Waals surface area contributed by atoms with Crippen LogP contribution in [-0.2, 0) is 6.42 Å².